The number of guanidine groups is 1. The zero-order valence-electron chi connectivity index (χ0n) is 13.3. The van der Waals surface area contributed by atoms with Crippen LogP contribution >= 0.6 is 0 Å². The summed E-state index contributed by atoms with van der Waals surface area (Å²) >= 11 is 0. The summed E-state index contributed by atoms with van der Waals surface area (Å²) < 4.78 is 42.5. The maximum Gasteiger partial charge on any atom is 0.416 e. The molecule has 9 heteroatoms. The number of hydrogen-bond donors (Lipinski definition) is 2. The van der Waals surface area contributed by atoms with Crippen molar-refractivity contribution in [1.29, 1.82) is 0 Å². The van der Waals surface area contributed by atoms with Crippen molar-refractivity contribution in [2.75, 3.05) is 52.5 Å². The number of hydrogen-bond acceptors (Lipinski definition) is 4. The third kappa shape index (κ3) is 5.22. The van der Waals surface area contributed by atoms with E-state index in [2.05, 4.69) is 15.2 Å². The highest BCUT2D eigenvalue weighted by Gasteiger charge is 2.38. The lowest BCUT2D eigenvalue weighted by molar-refractivity contribution is -0.199. The highest BCUT2D eigenvalue weighted by molar-refractivity contribution is 5.80. The van der Waals surface area contributed by atoms with Crippen LogP contribution in [-0.4, -0.2) is 91.7 Å². The van der Waals surface area contributed by atoms with Crippen LogP contribution in [0.25, 0.3) is 0 Å². The Kier molecular flexibility index (Phi) is 6.49. The molecule has 0 radical (unpaired) electrons. The predicted octanol–water partition coefficient (Wildman–Crippen LogP) is 0.282. The van der Waals surface area contributed by atoms with E-state index in [0.29, 0.717) is 18.5 Å². The van der Waals surface area contributed by atoms with Crippen molar-refractivity contribution in [3.8, 4) is 0 Å². The Labute approximate surface area is 134 Å². The molecule has 134 valence electrons. The van der Waals surface area contributed by atoms with Crippen LogP contribution in [0.2, 0.25) is 0 Å². The van der Waals surface area contributed by atoms with Crippen LogP contribution in [0.3, 0.4) is 0 Å². The Morgan fingerprint density at radius 2 is 2.04 bits per heavy atom. The van der Waals surface area contributed by atoms with E-state index in [0.717, 1.165) is 45.8 Å². The van der Waals surface area contributed by atoms with Gasteiger partial charge in [0.15, 0.2) is 12.1 Å². The van der Waals surface area contributed by atoms with Crippen LogP contribution < -0.4 is 5.32 Å². The first-order valence-electron chi connectivity index (χ1n) is 8.01. The SMILES string of the molecule is CCNC(=NCC(O)C(F)(F)F)N1CCC(N2CCOCC2)C1. The number of aliphatic hydroxyl groups is 1. The molecule has 0 bridgehead atoms. The average Bonchev–Trinajstić information content (AvgIpc) is 3.01. The maximum atomic E-state index is 12.4. The van der Waals surface area contributed by atoms with Crippen molar-refractivity contribution >= 4 is 5.96 Å². The first kappa shape index (κ1) is 18.3. The predicted molar refractivity (Wildman–Crippen MR) is 80.4 cm³/mol. The van der Waals surface area contributed by atoms with Gasteiger partial charge in [0.05, 0.1) is 19.8 Å². The lowest BCUT2D eigenvalue weighted by atomic mass is 10.2. The molecule has 23 heavy (non-hydrogen) atoms. The molecule has 0 saturated carbocycles. The monoisotopic (exact) mass is 338 g/mol. The van der Waals surface area contributed by atoms with E-state index < -0.39 is 18.8 Å². The third-order valence-corrected chi connectivity index (χ3v) is 4.15. The van der Waals surface area contributed by atoms with E-state index in [1.54, 1.807) is 0 Å². The van der Waals surface area contributed by atoms with Gasteiger partial charge in [-0.05, 0) is 13.3 Å². The number of ether oxygens (including phenoxy) is 1. The maximum absolute atomic E-state index is 12.4. The molecule has 2 aliphatic heterocycles. The number of halogens is 3. The second-order valence-electron chi connectivity index (χ2n) is 5.79. The molecule has 0 amide bonds. The van der Waals surface area contributed by atoms with Crippen molar-refractivity contribution in [1.82, 2.24) is 15.1 Å². The first-order valence-corrected chi connectivity index (χ1v) is 8.01. The van der Waals surface area contributed by atoms with Gasteiger partial charge in [-0.1, -0.05) is 0 Å². The zero-order chi connectivity index (χ0) is 16.9. The molecule has 2 N–H and O–H groups in total. The summed E-state index contributed by atoms with van der Waals surface area (Å²) in [6, 6.07) is 0.371. The van der Waals surface area contributed by atoms with Crippen molar-refractivity contribution in [3.63, 3.8) is 0 Å². The Morgan fingerprint density at radius 3 is 2.65 bits per heavy atom. The minimum absolute atomic E-state index is 0.371. The Morgan fingerprint density at radius 1 is 1.35 bits per heavy atom. The molecule has 0 aliphatic carbocycles. The summed E-state index contributed by atoms with van der Waals surface area (Å²) in [6.45, 7) is 6.46. The number of morpholine rings is 1. The molecule has 0 aromatic heterocycles. The van der Waals surface area contributed by atoms with Crippen LogP contribution in [0, 0.1) is 0 Å². The number of rotatable bonds is 4. The summed E-state index contributed by atoms with van der Waals surface area (Å²) in [5.41, 5.74) is 0. The molecule has 0 aromatic rings. The lowest BCUT2D eigenvalue weighted by Gasteiger charge is -2.32. The highest BCUT2D eigenvalue weighted by Crippen LogP contribution is 2.21. The summed E-state index contributed by atoms with van der Waals surface area (Å²) in [7, 11) is 0. The highest BCUT2D eigenvalue weighted by atomic mass is 19.4. The summed E-state index contributed by atoms with van der Waals surface area (Å²) in [5.74, 6) is 0.437. The van der Waals surface area contributed by atoms with Gasteiger partial charge in [-0.3, -0.25) is 9.89 Å². The molecule has 0 aromatic carbocycles. The Bertz CT molecular complexity index is 400. The molecule has 2 rings (SSSR count). The van der Waals surface area contributed by atoms with Crippen LogP contribution in [0.15, 0.2) is 4.99 Å². The topological polar surface area (TPSA) is 60.3 Å². The molecule has 2 aliphatic rings. The van der Waals surface area contributed by atoms with Crippen molar-refractivity contribution in [2.24, 2.45) is 4.99 Å². The van der Waals surface area contributed by atoms with Gasteiger partial charge in [-0.2, -0.15) is 13.2 Å². The molecule has 6 nitrogen and oxygen atoms in total. The zero-order valence-corrected chi connectivity index (χ0v) is 13.3. The standard InChI is InChI=1S/C14H25F3N4O2/c1-2-18-13(19-9-12(22)14(15,16)17)21-4-3-11(10-21)20-5-7-23-8-6-20/h11-12,22H,2-10H2,1H3,(H,18,19). The van der Waals surface area contributed by atoms with Gasteiger partial charge in [-0.25, -0.2) is 0 Å². The molecule has 2 heterocycles. The lowest BCUT2D eigenvalue weighted by Crippen LogP contribution is -2.47. The largest absolute Gasteiger partial charge is 0.416 e. The van der Waals surface area contributed by atoms with E-state index in [-0.39, 0.29) is 0 Å². The van der Waals surface area contributed by atoms with Crippen molar-refractivity contribution < 1.29 is 23.0 Å². The molecule has 2 atom stereocenters. The molecular weight excluding hydrogens is 313 g/mol. The van der Waals surface area contributed by atoms with Crippen LogP contribution in [-0.2, 0) is 4.74 Å². The fraction of sp³-hybridized carbons (Fsp3) is 0.929. The summed E-state index contributed by atoms with van der Waals surface area (Å²) in [5, 5.41) is 12.1. The third-order valence-electron chi connectivity index (χ3n) is 4.15. The Hall–Kier alpha value is -1.06. The van der Waals surface area contributed by atoms with Gasteiger partial charge in [0, 0.05) is 38.8 Å². The number of alkyl halides is 3. The average molecular weight is 338 g/mol. The van der Waals surface area contributed by atoms with Gasteiger partial charge in [0.2, 0.25) is 0 Å². The van der Waals surface area contributed by atoms with Crippen LogP contribution in [0.1, 0.15) is 13.3 Å². The minimum Gasteiger partial charge on any atom is -0.382 e. The smallest absolute Gasteiger partial charge is 0.382 e. The fourth-order valence-electron chi connectivity index (χ4n) is 2.88. The number of nitrogens with zero attached hydrogens (tertiary/aromatic N) is 3. The number of nitrogens with one attached hydrogen (secondary N) is 1. The van der Waals surface area contributed by atoms with E-state index in [9.17, 15) is 13.2 Å². The van der Waals surface area contributed by atoms with E-state index >= 15 is 0 Å². The molecule has 2 fully saturated rings. The number of aliphatic imine (C=N–C) groups is 1. The first-order chi connectivity index (χ1) is 10.9. The fourth-order valence-corrected chi connectivity index (χ4v) is 2.88. The van der Waals surface area contributed by atoms with Gasteiger partial charge in [0.1, 0.15) is 0 Å². The molecule has 2 saturated heterocycles. The minimum atomic E-state index is -4.64. The van der Waals surface area contributed by atoms with E-state index in [1.807, 2.05) is 11.8 Å². The van der Waals surface area contributed by atoms with Gasteiger partial charge >= 0.3 is 6.18 Å². The molecule has 2 unspecified atom stereocenters. The number of likely N-dealkylation sites (tertiary alicyclic amines) is 1. The van der Waals surface area contributed by atoms with Gasteiger partial charge in [0.25, 0.3) is 0 Å². The second kappa shape index (κ2) is 8.16. The molecule has 0 spiro atoms. The summed E-state index contributed by atoms with van der Waals surface area (Å²) in [6.07, 6.45) is -6.11. The normalized spacial score (nSPS) is 25.7. The number of aliphatic hydroxyl groups excluding tert-OH is 1. The van der Waals surface area contributed by atoms with Gasteiger partial charge in [-0.15, -0.1) is 0 Å². The van der Waals surface area contributed by atoms with Crippen LogP contribution in [0.5, 0.6) is 0 Å². The van der Waals surface area contributed by atoms with Crippen molar-refractivity contribution in [3.05, 3.63) is 0 Å². The van der Waals surface area contributed by atoms with Crippen LogP contribution in [0.4, 0.5) is 13.2 Å². The quantitative estimate of drug-likeness (QED) is 0.570. The summed E-state index contributed by atoms with van der Waals surface area (Å²) in [4.78, 5) is 8.28. The second-order valence-corrected chi connectivity index (χ2v) is 5.79. The molecular formula is C14H25F3N4O2. The van der Waals surface area contributed by atoms with E-state index in [1.165, 1.54) is 0 Å². The van der Waals surface area contributed by atoms with Crippen molar-refractivity contribution in [2.45, 2.75) is 31.7 Å². The van der Waals surface area contributed by atoms with Gasteiger partial charge < -0.3 is 20.1 Å². The van der Waals surface area contributed by atoms with E-state index in [4.69, 9.17) is 9.84 Å². The Balaban J connectivity index is 1.92.